The molecule has 0 aliphatic carbocycles. The van der Waals surface area contributed by atoms with Crippen LogP contribution in [0.5, 0.6) is 0 Å². The van der Waals surface area contributed by atoms with Crippen molar-refractivity contribution in [3.8, 4) is 11.3 Å². The molecule has 0 radical (unpaired) electrons. The average molecular weight is 273 g/mol. The third kappa shape index (κ3) is 1.79. The maximum absolute atomic E-state index is 11.2. The summed E-state index contributed by atoms with van der Waals surface area (Å²) in [4.78, 5) is 37.3. The molecule has 0 amide bonds. The van der Waals surface area contributed by atoms with Crippen LogP contribution in [0.1, 0.15) is 10.6 Å². The maximum atomic E-state index is 11.2. The van der Waals surface area contributed by atoms with Crippen molar-refractivity contribution in [3.05, 3.63) is 50.6 Å². The molecule has 8 nitrogen and oxygen atoms in total. The number of nitro groups is 1. The van der Waals surface area contributed by atoms with Crippen LogP contribution >= 0.6 is 0 Å². The van der Waals surface area contributed by atoms with Gasteiger partial charge in [0.05, 0.1) is 21.5 Å². The van der Waals surface area contributed by atoms with Crippen molar-refractivity contribution >= 4 is 23.0 Å². The third-order valence-electron chi connectivity index (χ3n) is 2.84. The maximum Gasteiger partial charge on any atom is 0.323 e. The van der Waals surface area contributed by atoms with Crippen molar-refractivity contribution in [2.45, 2.75) is 0 Å². The summed E-state index contributed by atoms with van der Waals surface area (Å²) in [7, 11) is 0. The van der Waals surface area contributed by atoms with Gasteiger partial charge in [0.15, 0.2) is 12.0 Å². The largest absolute Gasteiger partial charge is 0.453 e. The summed E-state index contributed by atoms with van der Waals surface area (Å²) in [5, 5.41) is 11.1. The van der Waals surface area contributed by atoms with Crippen molar-refractivity contribution in [1.82, 2.24) is 9.97 Å². The van der Waals surface area contributed by atoms with Crippen molar-refractivity contribution < 1.29 is 14.1 Å². The number of carbonyl (C=O) groups is 1. The van der Waals surface area contributed by atoms with Gasteiger partial charge in [-0.15, -0.1) is 0 Å². The number of imidazole rings is 1. The Labute approximate surface area is 110 Å². The van der Waals surface area contributed by atoms with E-state index in [0.29, 0.717) is 17.3 Å². The van der Waals surface area contributed by atoms with Crippen LogP contribution in [0.4, 0.5) is 5.69 Å². The number of carbonyl (C=O) groups excluding carboxylic acids is 1. The SMILES string of the molecule is O=Cc1ccc(-c2cc3[nH]c(=O)[nH]c3cc2[N+](=O)[O-])o1. The first-order valence-corrected chi connectivity index (χ1v) is 5.54. The van der Waals surface area contributed by atoms with E-state index in [1.54, 1.807) is 0 Å². The second-order valence-electron chi connectivity index (χ2n) is 4.07. The monoisotopic (exact) mass is 273 g/mol. The Morgan fingerprint density at radius 1 is 1.20 bits per heavy atom. The highest BCUT2D eigenvalue weighted by atomic mass is 16.6. The molecule has 0 fully saturated rings. The van der Waals surface area contributed by atoms with Gasteiger partial charge in [0.2, 0.25) is 0 Å². The van der Waals surface area contributed by atoms with Crippen LogP contribution in [-0.2, 0) is 0 Å². The Balaban J connectivity index is 2.31. The molecule has 1 aromatic carbocycles. The summed E-state index contributed by atoms with van der Waals surface area (Å²) in [6, 6.07) is 5.54. The first kappa shape index (κ1) is 11.9. The zero-order valence-electron chi connectivity index (χ0n) is 9.88. The molecule has 100 valence electrons. The molecule has 2 heterocycles. The van der Waals surface area contributed by atoms with E-state index in [2.05, 4.69) is 9.97 Å². The summed E-state index contributed by atoms with van der Waals surface area (Å²) in [6.45, 7) is 0. The second-order valence-corrected chi connectivity index (χ2v) is 4.07. The number of aromatic amines is 2. The molecular formula is C12H7N3O5. The standard InChI is InChI=1S/C12H7N3O5/c16-5-6-1-2-11(20-6)7-3-8-9(14-12(17)13-8)4-10(7)15(18)19/h1-5H,(H2,13,14,17). The predicted molar refractivity (Wildman–Crippen MR) is 68.7 cm³/mol. The van der Waals surface area contributed by atoms with E-state index in [1.807, 2.05) is 0 Å². The first-order chi connectivity index (χ1) is 9.58. The van der Waals surface area contributed by atoms with E-state index in [9.17, 15) is 19.7 Å². The molecule has 3 aromatic rings. The Kier molecular flexibility index (Phi) is 2.50. The Hall–Kier alpha value is -3.16. The molecule has 0 bridgehead atoms. The minimum atomic E-state index is -0.580. The molecule has 0 saturated heterocycles. The topological polar surface area (TPSA) is 122 Å². The van der Waals surface area contributed by atoms with Crippen LogP contribution < -0.4 is 5.69 Å². The number of nitrogens with one attached hydrogen (secondary N) is 2. The Morgan fingerprint density at radius 3 is 2.50 bits per heavy atom. The van der Waals surface area contributed by atoms with Crippen molar-refractivity contribution in [2.24, 2.45) is 0 Å². The number of hydrogen-bond donors (Lipinski definition) is 2. The number of hydrogen-bond acceptors (Lipinski definition) is 5. The lowest BCUT2D eigenvalue weighted by molar-refractivity contribution is -0.384. The van der Waals surface area contributed by atoms with Crippen molar-refractivity contribution in [2.75, 3.05) is 0 Å². The van der Waals surface area contributed by atoms with Gasteiger partial charge in [0.25, 0.3) is 5.69 Å². The Morgan fingerprint density at radius 2 is 1.90 bits per heavy atom. The predicted octanol–water partition coefficient (Wildman–Crippen LogP) is 1.84. The molecule has 0 spiro atoms. The van der Waals surface area contributed by atoms with E-state index in [-0.39, 0.29) is 22.8 Å². The van der Waals surface area contributed by atoms with Crippen LogP contribution in [0.25, 0.3) is 22.4 Å². The number of nitro benzene ring substituents is 1. The summed E-state index contributed by atoms with van der Waals surface area (Å²) >= 11 is 0. The van der Waals surface area contributed by atoms with Crippen LogP contribution in [0, 0.1) is 10.1 Å². The number of rotatable bonds is 3. The van der Waals surface area contributed by atoms with Gasteiger partial charge < -0.3 is 14.4 Å². The van der Waals surface area contributed by atoms with Gasteiger partial charge in [0.1, 0.15) is 5.76 Å². The number of aromatic nitrogens is 2. The van der Waals surface area contributed by atoms with E-state index >= 15 is 0 Å². The highest BCUT2D eigenvalue weighted by Crippen LogP contribution is 2.33. The minimum absolute atomic E-state index is 0.0666. The fourth-order valence-corrected chi connectivity index (χ4v) is 1.98. The molecule has 2 N–H and O–H groups in total. The van der Waals surface area contributed by atoms with Gasteiger partial charge in [-0.1, -0.05) is 0 Å². The smallest absolute Gasteiger partial charge is 0.323 e. The second kappa shape index (κ2) is 4.19. The first-order valence-electron chi connectivity index (χ1n) is 5.54. The molecule has 0 aliphatic heterocycles. The van der Waals surface area contributed by atoms with E-state index in [1.165, 1.54) is 24.3 Å². The summed E-state index contributed by atoms with van der Waals surface area (Å²) in [5.41, 5.74) is 0.247. The number of aldehydes is 1. The van der Waals surface area contributed by atoms with Crippen LogP contribution in [0.2, 0.25) is 0 Å². The molecule has 20 heavy (non-hydrogen) atoms. The molecule has 2 aromatic heterocycles. The molecule has 3 rings (SSSR count). The van der Waals surface area contributed by atoms with Crippen molar-refractivity contribution in [1.29, 1.82) is 0 Å². The summed E-state index contributed by atoms with van der Waals surface area (Å²) in [6.07, 6.45) is 0.506. The van der Waals surface area contributed by atoms with Crippen LogP contribution in [0.15, 0.2) is 33.5 Å². The van der Waals surface area contributed by atoms with E-state index in [0.717, 1.165) is 0 Å². The highest BCUT2D eigenvalue weighted by Gasteiger charge is 2.20. The number of furan rings is 1. The normalized spacial score (nSPS) is 10.8. The Bertz CT molecular complexity index is 886. The molecular weight excluding hydrogens is 266 g/mol. The number of fused-ring (bicyclic) bond motifs is 1. The van der Waals surface area contributed by atoms with E-state index < -0.39 is 10.6 Å². The molecule has 0 atom stereocenters. The van der Waals surface area contributed by atoms with Gasteiger partial charge >= 0.3 is 5.69 Å². The van der Waals surface area contributed by atoms with Crippen LogP contribution in [0.3, 0.4) is 0 Å². The fourth-order valence-electron chi connectivity index (χ4n) is 1.98. The molecule has 0 aliphatic rings. The lowest BCUT2D eigenvalue weighted by Gasteiger charge is -2.00. The molecule has 0 unspecified atom stereocenters. The van der Waals surface area contributed by atoms with Gasteiger partial charge in [-0.05, 0) is 18.2 Å². The molecule has 0 saturated carbocycles. The van der Waals surface area contributed by atoms with Gasteiger partial charge in [-0.3, -0.25) is 14.9 Å². The average Bonchev–Trinajstić information content (AvgIpc) is 3.01. The number of H-pyrrole nitrogens is 2. The van der Waals surface area contributed by atoms with Gasteiger partial charge in [-0.2, -0.15) is 0 Å². The third-order valence-corrected chi connectivity index (χ3v) is 2.84. The lowest BCUT2D eigenvalue weighted by Crippen LogP contribution is -1.99. The number of nitrogens with zero attached hydrogens (tertiary/aromatic N) is 1. The minimum Gasteiger partial charge on any atom is -0.453 e. The zero-order chi connectivity index (χ0) is 14.3. The highest BCUT2D eigenvalue weighted by molar-refractivity contribution is 5.87. The lowest BCUT2D eigenvalue weighted by atomic mass is 10.1. The number of benzene rings is 1. The van der Waals surface area contributed by atoms with Crippen molar-refractivity contribution in [3.63, 3.8) is 0 Å². The zero-order valence-corrected chi connectivity index (χ0v) is 9.88. The quantitative estimate of drug-likeness (QED) is 0.428. The summed E-state index contributed by atoms with van der Waals surface area (Å²) < 4.78 is 5.19. The fraction of sp³-hybridized carbons (Fsp3) is 0. The van der Waals surface area contributed by atoms with E-state index in [4.69, 9.17) is 4.42 Å². The van der Waals surface area contributed by atoms with Gasteiger partial charge in [-0.25, -0.2) is 4.79 Å². The summed E-state index contributed by atoms with van der Waals surface area (Å²) in [5.74, 6) is 0.250. The molecule has 8 heteroatoms. The van der Waals surface area contributed by atoms with Crippen LogP contribution in [-0.4, -0.2) is 21.2 Å². The van der Waals surface area contributed by atoms with Gasteiger partial charge in [0, 0.05) is 6.07 Å².